The van der Waals surface area contributed by atoms with Crippen LogP contribution in [0, 0.1) is 0 Å². The maximum absolute atomic E-state index is 12.1. The lowest BCUT2D eigenvalue weighted by Crippen LogP contribution is -2.47. The Kier molecular flexibility index (Phi) is 3.20. The summed E-state index contributed by atoms with van der Waals surface area (Å²) < 4.78 is 40.6. The van der Waals surface area contributed by atoms with E-state index in [2.05, 4.69) is 4.74 Å². The van der Waals surface area contributed by atoms with E-state index in [0.29, 0.717) is 0 Å². The number of hydrogen-bond donors (Lipinski definition) is 0. The Morgan fingerprint density at radius 1 is 1.44 bits per heavy atom. The van der Waals surface area contributed by atoms with Gasteiger partial charge in [-0.3, -0.25) is 9.59 Å². The maximum atomic E-state index is 12.1. The number of Topliss-reactive ketones (excluding diaryl/α,β-unsaturated/α-hetero) is 1. The second kappa shape index (κ2) is 4.11. The standard InChI is InChI=1S/C8H8F3NO4/c1-16-6(14)5-2-4(13)3-12(5)7(15)8(9,10)11/h5H,2-3H2,1H3/t5-/m0/s1. The Morgan fingerprint density at radius 3 is 2.44 bits per heavy atom. The molecule has 1 atom stereocenters. The van der Waals surface area contributed by atoms with Gasteiger partial charge in [-0.2, -0.15) is 13.2 Å². The number of halogens is 3. The molecule has 0 unspecified atom stereocenters. The number of esters is 1. The molecule has 0 radical (unpaired) electrons. The van der Waals surface area contributed by atoms with Crippen LogP contribution in [0.25, 0.3) is 0 Å². The van der Waals surface area contributed by atoms with Crippen molar-refractivity contribution < 1.29 is 32.3 Å². The SMILES string of the molecule is COC(=O)[C@@H]1CC(=O)CN1C(=O)C(F)(F)F. The highest BCUT2D eigenvalue weighted by molar-refractivity contribution is 5.98. The van der Waals surface area contributed by atoms with Crippen molar-refractivity contribution in [1.29, 1.82) is 0 Å². The molecule has 0 aromatic carbocycles. The fraction of sp³-hybridized carbons (Fsp3) is 0.625. The summed E-state index contributed by atoms with van der Waals surface area (Å²) in [6.45, 7) is -0.710. The first-order valence-corrected chi connectivity index (χ1v) is 4.24. The monoisotopic (exact) mass is 239 g/mol. The van der Waals surface area contributed by atoms with Crippen molar-refractivity contribution in [2.45, 2.75) is 18.6 Å². The Labute approximate surface area is 88.1 Å². The van der Waals surface area contributed by atoms with E-state index in [1.54, 1.807) is 0 Å². The average Bonchev–Trinajstić information content (AvgIpc) is 2.56. The van der Waals surface area contributed by atoms with Crippen molar-refractivity contribution in [3.8, 4) is 0 Å². The Balaban J connectivity index is 2.90. The highest BCUT2D eigenvalue weighted by Gasteiger charge is 2.50. The minimum Gasteiger partial charge on any atom is -0.467 e. The fourth-order valence-electron chi connectivity index (χ4n) is 1.41. The molecule has 90 valence electrons. The molecular formula is C8H8F3NO4. The minimum absolute atomic E-state index is 0.189. The first-order valence-electron chi connectivity index (χ1n) is 4.24. The average molecular weight is 239 g/mol. The van der Waals surface area contributed by atoms with Gasteiger partial charge in [-0.15, -0.1) is 0 Å². The first-order chi connectivity index (χ1) is 7.27. The zero-order valence-corrected chi connectivity index (χ0v) is 8.21. The van der Waals surface area contributed by atoms with E-state index < -0.39 is 42.8 Å². The quantitative estimate of drug-likeness (QED) is 0.599. The normalized spacial score (nSPS) is 21.1. The van der Waals surface area contributed by atoms with E-state index in [0.717, 1.165) is 7.11 Å². The van der Waals surface area contributed by atoms with E-state index >= 15 is 0 Å². The van der Waals surface area contributed by atoms with Gasteiger partial charge in [0.25, 0.3) is 0 Å². The molecule has 0 N–H and O–H groups in total. The van der Waals surface area contributed by atoms with E-state index in [-0.39, 0.29) is 4.90 Å². The van der Waals surface area contributed by atoms with E-state index in [4.69, 9.17) is 0 Å². The Hall–Kier alpha value is -1.60. The fourth-order valence-corrected chi connectivity index (χ4v) is 1.41. The lowest BCUT2D eigenvalue weighted by Gasteiger charge is -2.22. The van der Waals surface area contributed by atoms with Gasteiger partial charge in [-0.25, -0.2) is 4.79 Å². The first kappa shape index (κ1) is 12.5. The van der Waals surface area contributed by atoms with Gasteiger partial charge in [0.15, 0.2) is 5.78 Å². The molecule has 0 spiro atoms. The topological polar surface area (TPSA) is 63.7 Å². The Morgan fingerprint density at radius 2 is 2.00 bits per heavy atom. The van der Waals surface area contributed by atoms with E-state index in [9.17, 15) is 27.6 Å². The number of rotatable bonds is 1. The van der Waals surface area contributed by atoms with Crippen LogP contribution in [0.5, 0.6) is 0 Å². The number of nitrogens with zero attached hydrogens (tertiary/aromatic N) is 1. The predicted molar refractivity (Wildman–Crippen MR) is 43.2 cm³/mol. The third-order valence-electron chi connectivity index (χ3n) is 2.12. The summed E-state index contributed by atoms with van der Waals surface area (Å²) in [6.07, 6.45) is -5.54. The number of methoxy groups -OCH3 is 1. The molecule has 5 nitrogen and oxygen atoms in total. The molecule has 8 heteroatoms. The van der Waals surface area contributed by atoms with Crippen molar-refractivity contribution in [2.24, 2.45) is 0 Å². The van der Waals surface area contributed by atoms with Crippen molar-refractivity contribution in [2.75, 3.05) is 13.7 Å². The number of ketones is 1. The van der Waals surface area contributed by atoms with Crippen LogP contribution in [-0.4, -0.2) is 48.4 Å². The number of likely N-dealkylation sites (tertiary alicyclic amines) is 1. The smallest absolute Gasteiger partial charge is 0.467 e. The number of carbonyl (C=O) groups excluding carboxylic acids is 3. The van der Waals surface area contributed by atoms with Gasteiger partial charge in [0.2, 0.25) is 0 Å². The lowest BCUT2D eigenvalue weighted by molar-refractivity contribution is -0.188. The van der Waals surface area contributed by atoms with Crippen LogP contribution in [0.3, 0.4) is 0 Å². The van der Waals surface area contributed by atoms with Crippen LogP contribution in [0.15, 0.2) is 0 Å². The van der Waals surface area contributed by atoms with Crippen LogP contribution < -0.4 is 0 Å². The summed E-state index contributed by atoms with van der Waals surface area (Å²) in [5.74, 6) is -3.83. The molecule has 1 aliphatic rings. The number of alkyl halides is 3. The Bertz CT molecular complexity index is 339. The van der Waals surface area contributed by atoms with Crippen LogP contribution in [0.2, 0.25) is 0 Å². The molecule has 0 aromatic heterocycles. The second-order valence-corrected chi connectivity index (χ2v) is 3.21. The van der Waals surface area contributed by atoms with E-state index in [1.165, 1.54) is 0 Å². The third-order valence-corrected chi connectivity index (χ3v) is 2.12. The van der Waals surface area contributed by atoms with Crippen molar-refractivity contribution in [1.82, 2.24) is 4.90 Å². The summed E-state index contributed by atoms with van der Waals surface area (Å²) in [5.41, 5.74) is 0. The van der Waals surface area contributed by atoms with Crippen LogP contribution in [-0.2, 0) is 19.1 Å². The molecule has 1 heterocycles. The van der Waals surface area contributed by atoms with Crippen molar-refractivity contribution in [3.05, 3.63) is 0 Å². The van der Waals surface area contributed by atoms with Crippen molar-refractivity contribution >= 4 is 17.7 Å². The molecule has 1 fully saturated rings. The molecular weight excluding hydrogens is 231 g/mol. The molecule has 0 bridgehead atoms. The van der Waals surface area contributed by atoms with E-state index in [1.807, 2.05) is 0 Å². The molecule has 16 heavy (non-hydrogen) atoms. The zero-order chi connectivity index (χ0) is 12.5. The van der Waals surface area contributed by atoms with Crippen LogP contribution in [0.4, 0.5) is 13.2 Å². The number of amides is 1. The lowest BCUT2D eigenvalue weighted by atomic mass is 10.2. The summed E-state index contributed by atoms with van der Waals surface area (Å²) in [5, 5.41) is 0. The maximum Gasteiger partial charge on any atom is 0.471 e. The van der Waals surface area contributed by atoms with Gasteiger partial charge in [-0.05, 0) is 0 Å². The van der Waals surface area contributed by atoms with Gasteiger partial charge in [-0.1, -0.05) is 0 Å². The van der Waals surface area contributed by atoms with Crippen LogP contribution in [0.1, 0.15) is 6.42 Å². The van der Waals surface area contributed by atoms with Gasteiger partial charge in [0, 0.05) is 6.42 Å². The predicted octanol–water partition coefficient (Wildman–Crippen LogP) is -0.108. The summed E-state index contributed by atoms with van der Waals surface area (Å²) in [7, 11) is 0.974. The summed E-state index contributed by atoms with van der Waals surface area (Å²) >= 11 is 0. The minimum atomic E-state index is -5.10. The second-order valence-electron chi connectivity index (χ2n) is 3.21. The zero-order valence-electron chi connectivity index (χ0n) is 8.21. The highest BCUT2D eigenvalue weighted by atomic mass is 19.4. The largest absolute Gasteiger partial charge is 0.471 e. The molecule has 0 saturated carbocycles. The third kappa shape index (κ3) is 2.31. The number of ether oxygens (including phenoxy) is 1. The summed E-state index contributed by atoms with van der Waals surface area (Å²) in [4.78, 5) is 33.1. The van der Waals surface area contributed by atoms with Crippen molar-refractivity contribution in [3.63, 3.8) is 0 Å². The molecule has 1 rings (SSSR count). The highest BCUT2D eigenvalue weighted by Crippen LogP contribution is 2.24. The van der Waals surface area contributed by atoms with Gasteiger partial charge in [0.1, 0.15) is 6.04 Å². The van der Waals surface area contributed by atoms with Crippen LogP contribution >= 0.6 is 0 Å². The molecule has 1 amide bonds. The molecule has 0 aliphatic carbocycles. The van der Waals surface area contributed by atoms with Gasteiger partial charge >= 0.3 is 18.1 Å². The number of carbonyl (C=O) groups is 3. The van der Waals surface area contributed by atoms with Gasteiger partial charge < -0.3 is 9.64 Å². The molecule has 1 saturated heterocycles. The summed E-state index contributed by atoms with van der Waals surface area (Å²) in [6, 6.07) is -1.47. The van der Waals surface area contributed by atoms with Gasteiger partial charge in [0.05, 0.1) is 13.7 Å². The molecule has 0 aromatic rings. The molecule has 1 aliphatic heterocycles. The number of hydrogen-bond acceptors (Lipinski definition) is 4.